The summed E-state index contributed by atoms with van der Waals surface area (Å²) in [5, 5.41) is 0. The first kappa shape index (κ1) is 7.73. The summed E-state index contributed by atoms with van der Waals surface area (Å²) in [7, 11) is 0. The molecule has 13 heavy (non-hydrogen) atoms. The maximum absolute atomic E-state index is 10.6. The molecule has 1 heterocycles. The smallest absolute Gasteiger partial charge is 0.356 e. The average Bonchev–Trinajstić information content (AvgIpc) is 2.53. The standard InChI is InChI=1S/C10H7NO2/c12-10-7-11-9(13-10)6-8-4-2-1-3-5-8/h1-7H/b9-6-. The van der Waals surface area contributed by atoms with Crippen LogP contribution in [0.25, 0.3) is 6.08 Å². The number of hydrogen-bond donors (Lipinski definition) is 0. The number of carbonyl (C=O) groups excluding carboxylic acids is 1. The number of benzene rings is 1. The molecule has 0 N–H and O–H groups in total. The van der Waals surface area contributed by atoms with Crippen LogP contribution in [-0.4, -0.2) is 12.2 Å². The predicted octanol–water partition coefficient (Wildman–Crippen LogP) is 1.61. The van der Waals surface area contributed by atoms with Crippen molar-refractivity contribution >= 4 is 18.3 Å². The molecule has 1 aromatic rings. The Kier molecular flexibility index (Phi) is 1.92. The summed E-state index contributed by atoms with van der Waals surface area (Å²) in [6.45, 7) is 0. The SMILES string of the molecule is O=C1C=N/C(=C/c2ccccc2)O1. The van der Waals surface area contributed by atoms with Gasteiger partial charge >= 0.3 is 5.97 Å². The fourth-order valence-corrected chi connectivity index (χ4v) is 1.03. The highest BCUT2D eigenvalue weighted by Crippen LogP contribution is 2.11. The van der Waals surface area contributed by atoms with Gasteiger partial charge in [0.15, 0.2) is 0 Å². The summed E-state index contributed by atoms with van der Waals surface area (Å²) in [6.07, 6.45) is 2.87. The van der Waals surface area contributed by atoms with Crippen LogP contribution in [0.1, 0.15) is 5.56 Å². The highest BCUT2D eigenvalue weighted by molar-refractivity contribution is 6.25. The van der Waals surface area contributed by atoms with Crippen LogP contribution in [0.2, 0.25) is 0 Å². The normalized spacial score (nSPS) is 17.8. The molecule has 64 valence electrons. The van der Waals surface area contributed by atoms with Crippen molar-refractivity contribution in [3.05, 3.63) is 41.8 Å². The molecule has 0 bridgehead atoms. The molecule has 1 aliphatic rings. The maximum atomic E-state index is 10.6. The van der Waals surface area contributed by atoms with Crippen molar-refractivity contribution in [1.82, 2.24) is 0 Å². The predicted molar refractivity (Wildman–Crippen MR) is 49.0 cm³/mol. The van der Waals surface area contributed by atoms with Gasteiger partial charge in [0.25, 0.3) is 0 Å². The number of ether oxygens (including phenoxy) is 1. The molecule has 0 unspecified atom stereocenters. The van der Waals surface area contributed by atoms with E-state index < -0.39 is 5.97 Å². The van der Waals surface area contributed by atoms with Gasteiger partial charge in [-0.05, 0) is 5.56 Å². The van der Waals surface area contributed by atoms with E-state index in [0.717, 1.165) is 11.8 Å². The lowest BCUT2D eigenvalue weighted by molar-refractivity contribution is -0.129. The minimum Gasteiger partial charge on any atom is -0.403 e. The molecule has 1 aromatic carbocycles. The zero-order valence-electron chi connectivity index (χ0n) is 6.81. The zero-order valence-corrected chi connectivity index (χ0v) is 6.81. The minimum atomic E-state index is -0.415. The van der Waals surface area contributed by atoms with Gasteiger partial charge < -0.3 is 4.74 Å². The first-order valence-corrected chi connectivity index (χ1v) is 3.87. The molecule has 0 fully saturated rings. The molecule has 1 aliphatic heterocycles. The molecular formula is C10H7NO2. The maximum Gasteiger partial charge on any atom is 0.356 e. The average molecular weight is 173 g/mol. The third-order valence-electron chi connectivity index (χ3n) is 1.59. The molecule has 0 amide bonds. The second-order valence-electron chi connectivity index (χ2n) is 2.57. The molecule has 3 nitrogen and oxygen atoms in total. The Balaban J connectivity index is 2.23. The number of rotatable bonds is 1. The molecule has 0 aliphatic carbocycles. The van der Waals surface area contributed by atoms with Crippen molar-refractivity contribution in [2.75, 3.05) is 0 Å². The van der Waals surface area contributed by atoms with Crippen molar-refractivity contribution in [3.8, 4) is 0 Å². The number of hydrogen-bond acceptors (Lipinski definition) is 3. The quantitative estimate of drug-likeness (QED) is 0.605. The van der Waals surface area contributed by atoms with Crippen LogP contribution in [0, 0.1) is 0 Å². The van der Waals surface area contributed by atoms with Crippen LogP contribution < -0.4 is 0 Å². The van der Waals surface area contributed by atoms with Gasteiger partial charge in [-0.25, -0.2) is 9.79 Å². The monoisotopic (exact) mass is 173 g/mol. The van der Waals surface area contributed by atoms with Gasteiger partial charge in [-0.15, -0.1) is 0 Å². The van der Waals surface area contributed by atoms with Crippen LogP contribution in [0.15, 0.2) is 41.2 Å². The molecule has 0 aromatic heterocycles. The summed E-state index contributed by atoms with van der Waals surface area (Å²) in [4.78, 5) is 14.4. The fraction of sp³-hybridized carbons (Fsp3) is 0. The topological polar surface area (TPSA) is 38.7 Å². The number of aliphatic imine (C=N–C) groups is 1. The molecular weight excluding hydrogens is 166 g/mol. The van der Waals surface area contributed by atoms with Gasteiger partial charge in [-0.1, -0.05) is 30.3 Å². The van der Waals surface area contributed by atoms with E-state index in [2.05, 4.69) is 4.99 Å². The first-order chi connectivity index (χ1) is 6.34. The molecule has 3 heteroatoms. The van der Waals surface area contributed by atoms with E-state index in [4.69, 9.17) is 4.74 Å². The van der Waals surface area contributed by atoms with E-state index in [-0.39, 0.29) is 0 Å². The Morgan fingerprint density at radius 3 is 2.62 bits per heavy atom. The van der Waals surface area contributed by atoms with Gasteiger partial charge in [0.2, 0.25) is 5.88 Å². The third-order valence-corrected chi connectivity index (χ3v) is 1.59. The number of nitrogens with zero attached hydrogens (tertiary/aromatic N) is 1. The van der Waals surface area contributed by atoms with Gasteiger partial charge in [0.05, 0.1) is 0 Å². The Morgan fingerprint density at radius 1 is 1.23 bits per heavy atom. The lowest BCUT2D eigenvalue weighted by atomic mass is 10.2. The Hall–Kier alpha value is -1.90. The highest BCUT2D eigenvalue weighted by atomic mass is 16.6. The minimum absolute atomic E-state index is 0.344. The fourth-order valence-electron chi connectivity index (χ4n) is 1.03. The van der Waals surface area contributed by atoms with Crippen molar-refractivity contribution in [2.24, 2.45) is 4.99 Å². The summed E-state index contributed by atoms with van der Waals surface area (Å²) in [6, 6.07) is 9.56. The number of esters is 1. The third kappa shape index (κ3) is 1.82. The van der Waals surface area contributed by atoms with E-state index in [1.54, 1.807) is 6.08 Å². The van der Waals surface area contributed by atoms with Gasteiger partial charge in [-0.2, -0.15) is 0 Å². The van der Waals surface area contributed by atoms with E-state index in [0.29, 0.717) is 5.88 Å². The van der Waals surface area contributed by atoms with Crippen molar-refractivity contribution in [2.45, 2.75) is 0 Å². The molecule has 0 saturated heterocycles. The highest BCUT2D eigenvalue weighted by Gasteiger charge is 2.10. The Labute approximate surface area is 75.4 Å². The summed E-state index contributed by atoms with van der Waals surface area (Å²) in [5.41, 5.74) is 0.962. The molecule has 0 spiro atoms. The van der Waals surface area contributed by atoms with Crippen LogP contribution in [0.3, 0.4) is 0 Å². The second kappa shape index (κ2) is 3.23. The zero-order chi connectivity index (χ0) is 9.10. The van der Waals surface area contributed by atoms with Crippen molar-refractivity contribution in [1.29, 1.82) is 0 Å². The number of carbonyl (C=O) groups is 1. The molecule has 0 radical (unpaired) electrons. The van der Waals surface area contributed by atoms with Crippen molar-refractivity contribution < 1.29 is 9.53 Å². The molecule has 0 atom stereocenters. The molecule has 2 rings (SSSR count). The van der Waals surface area contributed by atoms with Crippen LogP contribution in [-0.2, 0) is 9.53 Å². The van der Waals surface area contributed by atoms with Gasteiger partial charge in [-0.3, -0.25) is 0 Å². The number of cyclic esters (lactones) is 1. The Bertz CT molecular complexity index is 379. The van der Waals surface area contributed by atoms with Crippen LogP contribution in [0.4, 0.5) is 0 Å². The first-order valence-electron chi connectivity index (χ1n) is 3.87. The van der Waals surface area contributed by atoms with Crippen LogP contribution >= 0.6 is 0 Å². The summed E-state index contributed by atoms with van der Waals surface area (Å²) >= 11 is 0. The van der Waals surface area contributed by atoms with Gasteiger partial charge in [0.1, 0.15) is 6.21 Å². The van der Waals surface area contributed by atoms with Crippen molar-refractivity contribution in [3.63, 3.8) is 0 Å². The lowest BCUT2D eigenvalue weighted by Gasteiger charge is -1.93. The van der Waals surface area contributed by atoms with E-state index >= 15 is 0 Å². The van der Waals surface area contributed by atoms with E-state index in [1.807, 2.05) is 30.3 Å². The second-order valence-corrected chi connectivity index (χ2v) is 2.57. The lowest BCUT2D eigenvalue weighted by Crippen LogP contribution is -1.94. The largest absolute Gasteiger partial charge is 0.403 e. The molecule has 0 saturated carbocycles. The van der Waals surface area contributed by atoms with E-state index in [9.17, 15) is 4.79 Å². The summed E-state index contributed by atoms with van der Waals surface area (Å²) in [5.74, 6) is -0.0709. The van der Waals surface area contributed by atoms with Crippen LogP contribution in [0.5, 0.6) is 0 Å². The van der Waals surface area contributed by atoms with Gasteiger partial charge in [0, 0.05) is 6.08 Å². The summed E-state index contributed by atoms with van der Waals surface area (Å²) < 4.78 is 4.77. The van der Waals surface area contributed by atoms with E-state index in [1.165, 1.54) is 0 Å². The Morgan fingerprint density at radius 2 is 2.00 bits per heavy atom.